The Balaban J connectivity index is 2.08. The SMILES string of the molecule is COC(=O)c1cc(CN2CC(O)CC2CN(C)C)oc1C. The van der Waals surface area contributed by atoms with E-state index in [4.69, 9.17) is 9.15 Å². The molecule has 0 bridgehead atoms. The van der Waals surface area contributed by atoms with Crippen LogP contribution in [-0.4, -0.2) is 67.3 Å². The Morgan fingerprint density at radius 3 is 2.90 bits per heavy atom. The highest BCUT2D eigenvalue weighted by Gasteiger charge is 2.32. The van der Waals surface area contributed by atoms with Crippen molar-refractivity contribution in [2.45, 2.75) is 32.0 Å². The number of β-amino-alcohol motifs (C(OH)–C–C–N with tert-alkyl or cyclic N) is 1. The molecule has 0 saturated carbocycles. The monoisotopic (exact) mass is 296 g/mol. The molecule has 0 spiro atoms. The van der Waals surface area contributed by atoms with Gasteiger partial charge in [0.15, 0.2) is 0 Å². The number of methoxy groups -OCH3 is 1. The second kappa shape index (κ2) is 6.60. The van der Waals surface area contributed by atoms with Gasteiger partial charge in [-0.25, -0.2) is 4.79 Å². The number of hydrogen-bond donors (Lipinski definition) is 1. The standard InChI is InChI=1S/C15H24N2O4/c1-10-14(15(19)20-4)6-13(21-10)9-17-8-12(18)5-11(17)7-16(2)3/h6,11-12,18H,5,7-9H2,1-4H3. The first-order chi connectivity index (χ1) is 9.90. The summed E-state index contributed by atoms with van der Waals surface area (Å²) < 4.78 is 10.4. The second-order valence-electron chi connectivity index (χ2n) is 5.91. The van der Waals surface area contributed by atoms with Crippen molar-refractivity contribution in [1.82, 2.24) is 9.80 Å². The zero-order chi connectivity index (χ0) is 15.6. The molecule has 0 amide bonds. The summed E-state index contributed by atoms with van der Waals surface area (Å²) in [4.78, 5) is 15.9. The smallest absolute Gasteiger partial charge is 0.341 e. The fourth-order valence-electron chi connectivity index (χ4n) is 2.90. The highest BCUT2D eigenvalue weighted by Crippen LogP contribution is 2.23. The first kappa shape index (κ1) is 16.0. The molecular weight excluding hydrogens is 272 g/mol. The molecule has 118 valence electrons. The highest BCUT2D eigenvalue weighted by atomic mass is 16.5. The molecule has 6 nitrogen and oxygen atoms in total. The minimum atomic E-state index is -0.381. The van der Waals surface area contributed by atoms with Crippen LogP contribution in [0.4, 0.5) is 0 Å². The first-order valence-electron chi connectivity index (χ1n) is 7.15. The minimum absolute atomic E-state index is 0.294. The van der Waals surface area contributed by atoms with Crippen LogP contribution in [0.1, 0.15) is 28.3 Å². The number of carbonyl (C=O) groups excluding carboxylic acids is 1. The van der Waals surface area contributed by atoms with Crippen molar-refractivity contribution in [2.24, 2.45) is 0 Å². The van der Waals surface area contributed by atoms with Crippen molar-refractivity contribution in [3.63, 3.8) is 0 Å². The van der Waals surface area contributed by atoms with Gasteiger partial charge in [-0.3, -0.25) is 4.90 Å². The van der Waals surface area contributed by atoms with Crippen LogP contribution in [0.25, 0.3) is 0 Å². The Bertz CT molecular complexity index is 498. The number of furan rings is 1. The third-order valence-corrected chi connectivity index (χ3v) is 3.81. The molecule has 1 saturated heterocycles. The molecule has 1 aromatic heterocycles. The summed E-state index contributed by atoms with van der Waals surface area (Å²) in [6.45, 7) is 3.87. The number of rotatable bonds is 5. The molecule has 2 rings (SSSR count). The number of ether oxygens (including phenoxy) is 1. The number of aliphatic hydroxyl groups excluding tert-OH is 1. The molecule has 2 atom stereocenters. The summed E-state index contributed by atoms with van der Waals surface area (Å²) in [5, 5.41) is 9.88. The zero-order valence-electron chi connectivity index (χ0n) is 13.1. The van der Waals surface area contributed by atoms with Gasteiger partial charge in [0, 0.05) is 19.1 Å². The topological polar surface area (TPSA) is 66.2 Å². The van der Waals surface area contributed by atoms with E-state index in [0.29, 0.717) is 30.5 Å². The molecule has 1 N–H and O–H groups in total. The molecule has 6 heteroatoms. The normalized spacial score (nSPS) is 23.0. The van der Waals surface area contributed by atoms with Gasteiger partial charge in [0.05, 0.1) is 19.8 Å². The number of esters is 1. The largest absolute Gasteiger partial charge is 0.465 e. The number of nitrogens with zero attached hydrogens (tertiary/aromatic N) is 2. The molecule has 0 aromatic carbocycles. The average molecular weight is 296 g/mol. The summed E-state index contributed by atoms with van der Waals surface area (Å²) in [5.74, 6) is 0.917. The van der Waals surface area contributed by atoms with E-state index in [1.807, 2.05) is 14.1 Å². The minimum Gasteiger partial charge on any atom is -0.465 e. The van der Waals surface area contributed by atoms with E-state index >= 15 is 0 Å². The van der Waals surface area contributed by atoms with Crippen molar-refractivity contribution < 1.29 is 19.1 Å². The lowest BCUT2D eigenvalue weighted by molar-refractivity contribution is 0.0599. The Kier molecular flexibility index (Phi) is 5.03. The number of aryl methyl sites for hydroxylation is 1. The van der Waals surface area contributed by atoms with E-state index in [-0.39, 0.29) is 12.1 Å². The van der Waals surface area contributed by atoms with E-state index in [2.05, 4.69) is 9.80 Å². The summed E-state index contributed by atoms with van der Waals surface area (Å²) in [6, 6.07) is 2.03. The van der Waals surface area contributed by atoms with Crippen LogP contribution in [-0.2, 0) is 11.3 Å². The van der Waals surface area contributed by atoms with Crippen LogP contribution in [0.3, 0.4) is 0 Å². The van der Waals surface area contributed by atoms with Crippen molar-refractivity contribution >= 4 is 5.97 Å². The molecule has 21 heavy (non-hydrogen) atoms. The third kappa shape index (κ3) is 3.84. The fraction of sp³-hybridized carbons (Fsp3) is 0.667. The third-order valence-electron chi connectivity index (χ3n) is 3.81. The molecule has 1 fully saturated rings. The number of hydrogen-bond acceptors (Lipinski definition) is 6. The van der Waals surface area contributed by atoms with Gasteiger partial charge in [-0.15, -0.1) is 0 Å². The quantitative estimate of drug-likeness (QED) is 0.813. The predicted molar refractivity (Wildman–Crippen MR) is 78.2 cm³/mol. The molecular formula is C15H24N2O4. The van der Waals surface area contributed by atoms with Gasteiger partial charge in [0.25, 0.3) is 0 Å². The molecule has 0 aliphatic carbocycles. The van der Waals surface area contributed by atoms with Crippen LogP contribution >= 0.6 is 0 Å². The average Bonchev–Trinajstić information content (AvgIpc) is 2.92. The van der Waals surface area contributed by atoms with Crippen LogP contribution in [0.5, 0.6) is 0 Å². The summed E-state index contributed by atoms with van der Waals surface area (Å²) in [6.07, 6.45) is 0.466. The lowest BCUT2D eigenvalue weighted by atomic mass is 10.2. The van der Waals surface area contributed by atoms with Crippen molar-refractivity contribution in [3.05, 3.63) is 23.2 Å². The summed E-state index contributed by atoms with van der Waals surface area (Å²) >= 11 is 0. The molecule has 2 heterocycles. The van der Waals surface area contributed by atoms with E-state index in [1.165, 1.54) is 7.11 Å². The molecule has 1 aromatic rings. The maximum atomic E-state index is 11.6. The fourth-order valence-corrected chi connectivity index (χ4v) is 2.90. The van der Waals surface area contributed by atoms with Gasteiger partial charge < -0.3 is 19.2 Å². The highest BCUT2D eigenvalue weighted by molar-refractivity contribution is 5.90. The van der Waals surface area contributed by atoms with Gasteiger partial charge in [-0.05, 0) is 33.5 Å². The summed E-state index contributed by atoms with van der Waals surface area (Å²) in [5.41, 5.74) is 0.469. The number of aliphatic hydroxyl groups is 1. The lowest BCUT2D eigenvalue weighted by Gasteiger charge is -2.25. The predicted octanol–water partition coefficient (Wildman–Crippen LogP) is 0.871. The lowest BCUT2D eigenvalue weighted by Crippen LogP contribution is -2.37. The van der Waals surface area contributed by atoms with Crippen LogP contribution < -0.4 is 0 Å². The van der Waals surface area contributed by atoms with Gasteiger partial charge in [0.1, 0.15) is 17.1 Å². The Hall–Kier alpha value is -1.37. The van der Waals surface area contributed by atoms with Gasteiger partial charge in [-0.2, -0.15) is 0 Å². The number of likely N-dealkylation sites (tertiary alicyclic amines) is 1. The van der Waals surface area contributed by atoms with Crippen molar-refractivity contribution in [2.75, 3.05) is 34.3 Å². The first-order valence-corrected chi connectivity index (χ1v) is 7.15. The van der Waals surface area contributed by atoms with Gasteiger partial charge in [-0.1, -0.05) is 0 Å². The summed E-state index contributed by atoms with van der Waals surface area (Å²) in [7, 11) is 5.41. The molecule has 2 unspecified atom stereocenters. The van der Waals surface area contributed by atoms with Crippen molar-refractivity contribution in [3.8, 4) is 0 Å². The van der Waals surface area contributed by atoms with Crippen molar-refractivity contribution in [1.29, 1.82) is 0 Å². The molecule has 1 aliphatic rings. The Morgan fingerprint density at radius 2 is 2.29 bits per heavy atom. The van der Waals surface area contributed by atoms with E-state index in [9.17, 15) is 9.90 Å². The maximum absolute atomic E-state index is 11.6. The number of carbonyl (C=O) groups is 1. The van der Waals surface area contributed by atoms with E-state index < -0.39 is 0 Å². The Morgan fingerprint density at radius 1 is 1.57 bits per heavy atom. The number of likely N-dealkylation sites (N-methyl/N-ethyl adjacent to an activating group) is 1. The van der Waals surface area contributed by atoms with Gasteiger partial charge in [0.2, 0.25) is 0 Å². The molecule has 0 radical (unpaired) electrons. The van der Waals surface area contributed by atoms with E-state index in [1.54, 1.807) is 13.0 Å². The van der Waals surface area contributed by atoms with Crippen LogP contribution in [0.2, 0.25) is 0 Å². The second-order valence-corrected chi connectivity index (χ2v) is 5.91. The Labute approximate surface area is 125 Å². The van der Waals surface area contributed by atoms with E-state index in [0.717, 1.165) is 18.7 Å². The van der Waals surface area contributed by atoms with Crippen LogP contribution in [0.15, 0.2) is 10.5 Å². The molecule has 1 aliphatic heterocycles. The maximum Gasteiger partial charge on any atom is 0.341 e. The van der Waals surface area contributed by atoms with Crippen LogP contribution in [0, 0.1) is 6.92 Å². The van der Waals surface area contributed by atoms with Gasteiger partial charge >= 0.3 is 5.97 Å². The zero-order valence-corrected chi connectivity index (χ0v) is 13.1.